The van der Waals surface area contributed by atoms with Crippen LogP contribution in [0.3, 0.4) is 0 Å². The summed E-state index contributed by atoms with van der Waals surface area (Å²) >= 11 is 0. The van der Waals surface area contributed by atoms with Crippen LogP contribution in [0.1, 0.15) is 58.3 Å². The Bertz CT molecular complexity index is 373. The first kappa shape index (κ1) is 16.1. The van der Waals surface area contributed by atoms with Gasteiger partial charge in [-0.3, -0.25) is 4.79 Å². The Morgan fingerprint density at radius 2 is 1.86 bits per heavy atom. The predicted octanol–water partition coefficient (Wildman–Crippen LogP) is 2.95. The van der Waals surface area contributed by atoms with E-state index in [-0.39, 0.29) is 18.5 Å². The van der Waals surface area contributed by atoms with Crippen molar-refractivity contribution < 1.29 is 14.7 Å². The highest BCUT2D eigenvalue weighted by Crippen LogP contribution is 2.25. The number of carboxylic acid groups (broad SMARTS) is 1. The van der Waals surface area contributed by atoms with Crippen molar-refractivity contribution in [2.45, 2.75) is 64.3 Å². The molecule has 2 saturated heterocycles. The van der Waals surface area contributed by atoms with E-state index in [1.165, 1.54) is 19.3 Å². The molecule has 2 unspecified atom stereocenters. The number of hydrogen-bond donors (Lipinski definition) is 1. The summed E-state index contributed by atoms with van der Waals surface area (Å²) in [6.45, 7) is 4.59. The van der Waals surface area contributed by atoms with Gasteiger partial charge in [0.1, 0.15) is 0 Å². The summed E-state index contributed by atoms with van der Waals surface area (Å²) in [4.78, 5) is 27.3. The van der Waals surface area contributed by atoms with Gasteiger partial charge in [-0.1, -0.05) is 19.8 Å². The smallest absolute Gasteiger partial charge is 0.320 e. The molecule has 2 fully saturated rings. The van der Waals surface area contributed by atoms with Gasteiger partial charge in [-0.05, 0) is 38.0 Å². The molecule has 5 nitrogen and oxygen atoms in total. The molecule has 0 aromatic rings. The average molecular weight is 296 g/mol. The molecule has 2 rings (SSSR count). The Labute approximate surface area is 127 Å². The van der Waals surface area contributed by atoms with Crippen molar-refractivity contribution in [1.82, 2.24) is 9.80 Å². The van der Waals surface area contributed by atoms with Crippen LogP contribution in [-0.4, -0.2) is 52.6 Å². The van der Waals surface area contributed by atoms with Gasteiger partial charge in [0.15, 0.2) is 0 Å². The molecule has 0 aromatic carbocycles. The molecule has 1 N–H and O–H groups in total. The van der Waals surface area contributed by atoms with Gasteiger partial charge >= 0.3 is 12.0 Å². The van der Waals surface area contributed by atoms with E-state index in [9.17, 15) is 9.59 Å². The molecule has 2 heterocycles. The highest BCUT2D eigenvalue weighted by molar-refractivity contribution is 5.76. The number of aliphatic carboxylic acids is 1. The monoisotopic (exact) mass is 296 g/mol. The van der Waals surface area contributed by atoms with Crippen molar-refractivity contribution in [2.24, 2.45) is 5.92 Å². The fraction of sp³-hybridized carbons (Fsp3) is 0.875. The van der Waals surface area contributed by atoms with E-state index in [1.54, 1.807) is 4.90 Å². The number of carboxylic acids is 1. The molecule has 5 heteroatoms. The molecule has 2 atom stereocenters. The number of rotatable bonds is 4. The van der Waals surface area contributed by atoms with Gasteiger partial charge in [-0.25, -0.2) is 4.79 Å². The van der Waals surface area contributed by atoms with Crippen LogP contribution in [0.2, 0.25) is 0 Å². The molecule has 0 bridgehead atoms. The molecule has 0 aromatic heterocycles. The van der Waals surface area contributed by atoms with Gasteiger partial charge in [0.2, 0.25) is 0 Å². The first-order chi connectivity index (χ1) is 10.1. The Hall–Kier alpha value is -1.26. The lowest BCUT2D eigenvalue weighted by atomic mass is 9.96. The zero-order valence-corrected chi connectivity index (χ0v) is 13.1. The summed E-state index contributed by atoms with van der Waals surface area (Å²) in [6, 6.07) is -0.0411. The van der Waals surface area contributed by atoms with Crippen LogP contribution in [-0.2, 0) is 4.79 Å². The van der Waals surface area contributed by atoms with Gasteiger partial charge in [0.05, 0.1) is 6.42 Å². The fourth-order valence-electron chi connectivity index (χ4n) is 3.74. The summed E-state index contributed by atoms with van der Waals surface area (Å²) < 4.78 is 0. The second-order valence-corrected chi connectivity index (χ2v) is 6.44. The highest BCUT2D eigenvalue weighted by Gasteiger charge is 2.33. The molecule has 0 radical (unpaired) electrons. The minimum atomic E-state index is -0.807. The highest BCUT2D eigenvalue weighted by atomic mass is 16.4. The number of carbonyl (C=O) groups is 2. The topological polar surface area (TPSA) is 60.9 Å². The summed E-state index contributed by atoms with van der Waals surface area (Å²) in [5.74, 6) is -0.0558. The number of likely N-dealkylation sites (tertiary alicyclic amines) is 2. The van der Waals surface area contributed by atoms with E-state index in [4.69, 9.17) is 5.11 Å². The van der Waals surface area contributed by atoms with Crippen molar-refractivity contribution in [2.75, 3.05) is 19.6 Å². The van der Waals surface area contributed by atoms with Crippen molar-refractivity contribution in [1.29, 1.82) is 0 Å². The lowest BCUT2D eigenvalue weighted by molar-refractivity contribution is -0.138. The van der Waals surface area contributed by atoms with E-state index in [0.29, 0.717) is 6.54 Å². The predicted molar refractivity (Wildman–Crippen MR) is 81.2 cm³/mol. The summed E-state index contributed by atoms with van der Waals surface area (Å²) in [7, 11) is 0. The van der Waals surface area contributed by atoms with Crippen molar-refractivity contribution >= 4 is 12.0 Å². The number of nitrogens with zero attached hydrogens (tertiary/aromatic N) is 2. The molecule has 0 saturated carbocycles. The lowest BCUT2D eigenvalue weighted by Gasteiger charge is -2.30. The standard InChI is InChI=1S/C16H28N2O3/c1-2-5-13-6-3-9-17(11-8-13)16(21)18-10-4-7-14(18)12-15(19)20/h13-14H,2-12H2,1H3,(H,19,20). The van der Waals surface area contributed by atoms with Crippen LogP contribution in [0.25, 0.3) is 0 Å². The Morgan fingerprint density at radius 3 is 2.57 bits per heavy atom. The number of amides is 2. The first-order valence-corrected chi connectivity index (χ1v) is 8.39. The molecule has 120 valence electrons. The maximum atomic E-state index is 12.7. The second kappa shape index (κ2) is 7.66. The molecule has 21 heavy (non-hydrogen) atoms. The summed E-state index contributed by atoms with van der Waals surface area (Å²) in [6.07, 6.45) is 7.69. The zero-order valence-electron chi connectivity index (χ0n) is 13.1. The molecular weight excluding hydrogens is 268 g/mol. The SMILES string of the molecule is CCCC1CCCN(C(=O)N2CCCC2CC(=O)O)CC1. The average Bonchev–Trinajstić information content (AvgIpc) is 2.75. The maximum absolute atomic E-state index is 12.7. The normalized spacial score (nSPS) is 26.7. The van der Waals surface area contributed by atoms with E-state index < -0.39 is 5.97 Å². The van der Waals surface area contributed by atoms with Gasteiger partial charge in [-0.2, -0.15) is 0 Å². The van der Waals surface area contributed by atoms with Crippen molar-refractivity contribution in [3.63, 3.8) is 0 Å². The Morgan fingerprint density at radius 1 is 1.10 bits per heavy atom. The van der Waals surface area contributed by atoms with Crippen LogP contribution >= 0.6 is 0 Å². The molecule has 2 aliphatic heterocycles. The second-order valence-electron chi connectivity index (χ2n) is 6.44. The van der Waals surface area contributed by atoms with Gasteiger partial charge in [0.25, 0.3) is 0 Å². The first-order valence-electron chi connectivity index (χ1n) is 8.39. The number of hydrogen-bond acceptors (Lipinski definition) is 2. The minimum absolute atomic E-state index is 0.0656. The van der Waals surface area contributed by atoms with Crippen LogP contribution in [0.4, 0.5) is 4.79 Å². The quantitative estimate of drug-likeness (QED) is 0.867. The third-order valence-corrected chi connectivity index (χ3v) is 4.85. The lowest BCUT2D eigenvalue weighted by Crippen LogP contribution is -2.46. The van der Waals surface area contributed by atoms with Gasteiger partial charge in [0, 0.05) is 25.7 Å². The van der Waals surface area contributed by atoms with Crippen LogP contribution < -0.4 is 0 Å². The van der Waals surface area contributed by atoms with Crippen LogP contribution in [0, 0.1) is 5.92 Å². The Kier molecular flexibility index (Phi) is 5.88. The van der Waals surface area contributed by atoms with Gasteiger partial charge in [-0.15, -0.1) is 0 Å². The fourth-order valence-corrected chi connectivity index (χ4v) is 3.74. The molecular formula is C16H28N2O3. The van der Waals surface area contributed by atoms with Crippen molar-refractivity contribution in [3.05, 3.63) is 0 Å². The zero-order chi connectivity index (χ0) is 15.2. The summed E-state index contributed by atoms with van der Waals surface area (Å²) in [5.41, 5.74) is 0. The van der Waals surface area contributed by atoms with Crippen molar-refractivity contribution in [3.8, 4) is 0 Å². The molecule has 2 amide bonds. The largest absolute Gasteiger partial charge is 0.481 e. The number of carbonyl (C=O) groups excluding carboxylic acids is 1. The van der Waals surface area contributed by atoms with Gasteiger partial charge < -0.3 is 14.9 Å². The van der Waals surface area contributed by atoms with Crippen LogP contribution in [0.15, 0.2) is 0 Å². The third kappa shape index (κ3) is 4.35. The minimum Gasteiger partial charge on any atom is -0.481 e. The van der Waals surface area contributed by atoms with E-state index in [2.05, 4.69) is 6.92 Å². The third-order valence-electron chi connectivity index (χ3n) is 4.85. The molecule has 0 aliphatic carbocycles. The van der Waals surface area contributed by atoms with Crippen LogP contribution in [0.5, 0.6) is 0 Å². The van der Waals surface area contributed by atoms with E-state index in [0.717, 1.165) is 44.7 Å². The van der Waals surface area contributed by atoms with E-state index in [1.807, 2.05) is 4.90 Å². The number of urea groups is 1. The maximum Gasteiger partial charge on any atom is 0.320 e. The summed E-state index contributed by atoms with van der Waals surface area (Å²) in [5, 5.41) is 8.97. The molecule has 0 spiro atoms. The molecule has 2 aliphatic rings. The van der Waals surface area contributed by atoms with E-state index >= 15 is 0 Å². The Balaban J connectivity index is 1.91.